The van der Waals surface area contributed by atoms with Crippen LogP contribution in [-0.2, 0) is 0 Å². The van der Waals surface area contributed by atoms with E-state index in [1.54, 1.807) is 19.4 Å². The Balaban J connectivity index is 1.91. The van der Waals surface area contributed by atoms with Crippen molar-refractivity contribution in [2.75, 3.05) is 13.7 Å². The summed E-state index contributed by atoms with van der Waals surface area (Å²) in [4.78, 5) is 14.5. The minimum atomic E-state index is -0.00157. The van der Waals surface area contributed by atoms with Gasteiger partial charge in [0.15, 0.2) is 0 Å². The number of para-hydroxylation sites is 1. The van der Waals surface area contributed by atoms with E-state index in [-0.39, 0.29) is 11.9 Å². The first kappa shape index (κ1) is 13.5. The summed E-state index contributed by atoms with van der Waals surface area (Å²) < 4.78 is 5.43. The predicted molar refractivity (Wildman–Crippen MR) is 78.0 cm³/mol. The second-order valence-corrected chi connectivity index (χ2v) is 5.03. The molecule has 21 heavy (non-hydrogen) atoms. The number of aromatic nitrogens is 2. The number of amides is 1. The molecule has 0 aliphatic carbocycles. The second-order valence-electron chi connectivity index (χ2n) is 5.03. The Morgan fingerprint density at radius 3 is 2.90 bits per heavy atom. The monoisotopic (exact) mass is 283 g/mol. The Labute approximate surface area is 123 Å². The van der Waals surface area contributed by atoms with Crippen molar-refractivity contribution in [2.45, 2.75) is 18.9 Å². The quantitative estimate of drug-likeness (QED) is 0.868. The number of hydrogen-bond donors (Lipinski definition) is 0. The zero-order valence-corrected chi connectivity index (χ0v) is 11.9. The third kappa shape index (κ3) is 2.59. The smallest absolute Gasteiger partial charge is 0.256 e. The maximum atomic E-state index is 12.6. The molecule has 5 heteroatoms. The fraction of sp³-hybridized carbons (Fsp3) is 0.312. The molecule has 2 aromatic rings. The van der Waals surface area contributed by atoms with Gasteiger partial charge in [-0.15, -0.1) is 0 Å². The van der Waals surface area contributed by atoms with Gasteiger partial charge < -0.3 is 9.64 Å². The molecule has 0 spiro atoms. The van der Waals surface area contributed by atoms with Gasteiger partial charge in [0.25, 0.3) is 5.91 Å². The molecule has 3 rings (SSSR count). The molecule has 1 atom stereocenters. The van der Waals surface area contributed by atoms with Crippen LogP contribution in [0.3, 0.4) is 0 Å². The topological polar surface area (TPSA) is 55.3 Å². The molecule has 1 aliphatic heterocycles. The third-order valence-corrected chi connectivity index (χ3v) is 3.84. The van der Waals surface area contributed by atoms with Gasteiger partial charge in [-0.25, -0.2) is 0 Å². The van der Waals surface area contributed by atoms with Crippen molar-refractivity contribution in [3.63, 3.8) is 0 Å². The minimum absolute atomic E-state index is 0.00157. The molecule has 0 unspecified atom stereocenters. The van der Waals surface area contributed by atoms with Crippen LogP contribution in [0.5, 0.6) is 5.75 Å². The van der Waals surface area contributed by atoms with Crippen LogP contribution in [0.1, 0.15) is 34.8 Å². The number of carbonyl (C=O) groups excluding carboxylic acids is 1. The highest BCUT2D eigenvalue weighted by atomic mass is 16.5. The van der Waals surface area contributed by atoms with Crippen molar-refractivity contribution in [2.24, 2.45) is 0 Å². The lowest BCUT2D eigenvalue weighted by Gasteiger charge is -2.26. The summed E-state index contributed by atoms with van der Waals surface area (Å²) in [6.45, 7) is 0.754. The Morgan fingerprint density at radius 1 is 1.29 bits per heavy atom. The predicted octanol–water partition coefficient (Wildman–Crippen LogP) is 2.46. The van der Waals surface area contributed by atoms with Crippen molar-refractivity contribution < 1.29 is 9.53 Å². The summed E-state index contributed by atoms with van der Waals surface area (Å²) in [6, 6.07) is 9.64. The molecule has 1 fully saturated rings. The fourth-order valence-electron chi connectivity index (χ4n) is 2.86. The lowest BCUT2D eigenvalue weighted by atomic mass is 10.0. The normalized spacial score (nSPS) is 17.8. The molecule has 1 amide bonds. The summed E-state index contributed by atoms with van der Waals surface area (Å²) in [5.41, 5.74) is 1.64. The molecule has 1 aromatic carbocycles. The molecule has 5 nitrogen and oxygen atoms in total. The highest BCUT2D eigenvalue weighted by molar-refractivity contribution is 5.94. The zero-order chi connectivity index (χ0) is 14.7. The van der Waals surface area contributed by atoms with Crippen LogP contribution in [0.25, 0.3) is 0 Å². The summed E-state index contributed by atoms with van der Waals surface area (Å²) in [7, 11) is 1.66. The van der Waals surface area contributed by atoms with Gasteiger partial charge in [-0.05, 0) is 25.0 Å². The van der Waals surface area contributed by atoms with Gasteiger partial charge in [0, 0.05) is 12.1 Å². The van der Waals surface area contributed by atoms with E-state index >= 15 is 0 Å². The Bertz CT molecular complexity index is 630. The van der Waals surface area contributed by atoms with E-state index in [0.717, 1.165) is 30.7 Å². The molecule has 0 N–H and O–H groups in total. The molecule has 108 valence electrons. The van der Waals surface area contributed by atoms with Gasteiger partial charge in [0.05, 0.1) is 31.1 Å². The molecular weight excluding hydrogens is 266 g/mol. The average Bonchev–Trinajstić information content (AvgIpc) is 3.04. The number of hydrogen-bond acceptors (Lipinski definition) is 4. The van der Waals surface area contributed by atoms with Gasteiger partial charge in [-0.1, -0.05) is 18.2 Å². The lowest BCUT2D eigenvalue weighted by molar-refractivity contribution is 0.0733. The van der Waals surface area contributed by atoms with E-state index in [2.05, 4.69) is 10.2 Å². The van der Waals surface area contributed by atoms with Gasteiger partial charge in [-0.2, -0.15) is 10.2 Å². The second kappa shape index (κ2) is 5.91. The summed E-state index contributed by atoms with van der Waals surface area (Å²) in [5.74, 6) is 0.827. The maximum Gasteiger partial charge on any atom is 0.256 e. The fourth-order valence-corrected chi connectivity index (χ4v) is 2.86. The molecule has 2 heterocycles. The first-order chi connectivity index (χ1) is 10.3. The van der Waals surface area contributed by atoms with Crippen molar-refractivity contribution in [1.29, 1.82) is 0 Å². The molecule has 1 aromatic heterocycles. The van der Waals surface area contributed by atoms with Crippen LogP contribution >= 0.6 is 0 Å². The number of likely N-dealkylation sites (tertiary alicyclic amines) is 1. The summed E-state index contributed by atoms with van der Waals surface area (Å²) >= 11 is 0. The number of carbonyl (C=O) groups is 1. The van der Waals surface area contributed by atoms with Crippen molar-refractivity contribution in [3.05, 3.63) is 53.9 Å². The number of ether oxygens (including phenoxy) is 1. The van der Waals surface area contributed by atoms with Crippen LogP contribution in [-0.4, -0.2) is 34.7 Å². The van der Waals surface area contributed by atoms with Gasteiger partial charge in [0.1, 0.15) is 5.75 Å². The van der Waals surface area contributed by atoms with E-state index in [9.17, 15) is 4.79 Å². The standard InChI is InChI=1S/C16H17N3O2/c1-21-15-7-3-2-5-13(15)14-6-4-10-19(14)16(20)12-8-9-17-18-11-12/h2-3,5,7-9,11,14H,4,6,10H2,1H3/t14-/m1/s1. The first-order valence-corrected chi connectivity index (χ1v) is 7.02. The van der Waals surface area contributed by atoms with E-state index in [1.165, 1.54) is 6.20 Å². The summed E-state index contributed by atoms with van der Waals surface area (Å²) in [6.07, 6.45) is 5.00. The third-order valence-electron chi connectivity index (χ3n) is 3.84. The molecule has 1 saturated heterocycles. The maximum absolute atomic E-state index is 12.6. The molecule has 0 bridgehead atoms. The van der Waals surface area contributed by atoms with Gasteiger partial charge >= 0.3 is 0 Å². The van der Waals surface area contributed by atoms with Crippen molar-refractivity contribution >= 4 is 5.91 Å². The number of rotatable bonds is 3. The average molecular weight is 283 g/mol. The molecule has 0 radical (unpaired) electrons. The highest BCUT2D eigenvalue weighted by Gasteiger charge is 2.32. The Morgan fingerprint density at radius 2 is 2.14 bits per heavy atom. The van der Waals surface area contributed by atoms with Crippen LogP contribution in [0.2, 0.25) is 0 Å². The number of nitrogens with zero attached hydrogens (tertiary/aromatic N) is 3. The molecular formula is C16H17N3O2. The van der Waals surface area contributed by atoms with E-state index in [1.807, 2.05) is 29.2 Å². The summed E-state index contributed by atoms with van der Waals surface area (Å²) in [5, 5.41) is 7.50. The highest BCUT2D eigenvalue weighted by Crippen LogP contribution is 2.37. The van der Waals surface area contributed by atoms with Crippen LogP contribution in [0.15, 0.2) is 42.7 Å². The van der Waals surface area contributed by atoms with Crippen molar-refractivity contribution in [1.82, 2.24) is 15.1 Å². The SMILES string of the molecule is COc1ccccc1[C@H]1CCCN1C(=O)c1ccnnc1. The van der Waals surface area contributed by atoms with E-state index in [4.69, 9.17) is 4.74 Å². The van der Waals surface area contributed by atoms with E-state index < -0.39 is 0 Å². The Hall–Kier alpha value is -2.43. The Kier molecular flexibility index (Phi) is 3.81. The number of benzene rings is 1. The first-order valence-electron chi connectivity index (χ1n) is 7.02. The van der Waals surface area contributed by atoms with Crippen molar-refractivity contribution in [3.8, 4) is 5.75 Å². The van der Waals surface area contributed by atoms with E-state index in [0.29, 0.717) is 5.56 Å². The molecule has 1 aliphatic rings. The lowest BCUT2D eigenvalue weighted by Crippen LogP contribution is -2.30. The van der Waals surface area contributed by atoms with Crippen LogP contribution in [0, 0.1) is 0 Å². The van der Waals surface area contributed by atoms with Gasteiger partial charge in [-0.3, -0.25) is 4.79 Å². The van der Waals surface area contributed by atoms with Crippen LogP contribution in [0.4, 0.5) is 0 Å². The number of methoxy groups -OCH3 is 1. The minimum Gasteiger partial charge on any atom is -0.496 e. The molecule has 0 saturated carbocycles. The zero-order valence-electron chi connectivity index (χ0n) is 11.9. The largest absolute Gasteiger partial charge is 0.496 e. The van der Waals surface area contributed by atoms with Crippen LogP contribution < -0.4 is 4.74 Å². The van der Waals surface area contributed by atoms with Gasteiger partial charge in [0.2, 0.25) is 0 Å².